The smallest absolute Gasteiger partial charge is 0.359 e. The van der Waals surface area contributed by atoms with E-state index in [9.17, 15) is 9.67 Å². The van der Waals surface area contributed by atoms with E-state index >= 15 is 0 Å². The number of aliphatic hydroxyl groups is 1. The van der Waals surface area contributed by atoms with Crippen LogP contribution < -0.4 is 0 Å². The first-order valence-corrected chi connectivity index (χ1v) is 10.5. The van der Waals surface area contributed by atoms with Crippen molar-refractivity contribution in [3.05, 3.63) is 77.1 Å². The highest BCUT2D eigenvalue weighted by molar-refractivity contribution is 7.58. The zero-order valence-electron chi connectivity index (χ0n) is 15.4. The molecule has 1 atom stereocenters. The molecule has 0 heterocycles. The van der Waals surface area contributed by atoms with E-state index in [0.717, 1.165) is 11.1 Å². The van der Waals surface area contributed by atoms with Crippen LogP contribution in [0.2, 0.25) is 0 Å². The van der Waals surface area contributed by atoms with Gasteiger partial charge in [0, 0.05) is 0 Å². The molecule has 0 bridgehead atoms. The van der Waals surface area contributed by atoms with Crippen molar-refractivity contribution in [3.63, 3.8) is 0 Å². The van der Waals surface area contributed by atoms with Gasteiger partial charge in [0.2, 0.25) is 0 Å². The summed E-state index contributed by atoms with van der Waals surface area (Å²) in [5.74, 6) is 0. The van der Waals surface area contributed by atoms with Gasteiger partial charge in [-0.1, -0.05) is 60.7 Å². The van der Waals surface area contributed by atoms with E-state index in [2.05, 4.69) is 0 Å². The van der Waals surface area contributed by atoms with Crippen LogP contribution in [-0.2, 0) is 20.0 Å². The van der Waals surface area contributed by atoms with Gasteiger partial charge < -0.3 is 14.2 Å². The Labute approximate surface area is 156 Å². The molecule has 0 saturated heterocycles. The Morgan fingerprint density at radius 3 is 2.08 bits per heavy atom. The van der Waals surface area contributed by atoms with E-state index in [1.54, 1.807) is 19.9 Å². The number of hydrogen-bond donors (Lipinski definition) is 1. The van der Waals surface area contributed by atoms with Crippen LogP contribution >= 0.6 is 7.60 Å². The van der Waals surface area contributed by atoms with Crippen LogP contribution in [0.15, 0.2) is 66.0 Å². The summed E-state index contributed by atoms with van der Waals surface area (Å²) >= 11 is 0. The Morgan fingerprint density at radius 1 is 1.00 bits per heavy atom. The van der Waals surface area contributed by atoms with Crippen LogP contribution in [0.4, 0.5) is 0 Å². The predicted octanol–water partition coefficient (Wildman–Crippen LogP) is 5.29. The van der Waals surface area contributed by atoms with Gasteiger partial charge in [0.15, 0.2) is 0 Å². The topological polar surface area (TPSA) is 55.8 Å². The van der Waals surface area contributed by atoms with Gasteiger partial charge in [0.25, 0.3) is 0 Å². The van der Waals surface area contributed by atoms with Crippen molar-refractivity contribution >= 4 is 13.7 Å². The van der Waals surface area contributed by atoms with Crippen LogP contribution in [0.25, 0.3) is 6.08 Å². The number of rotatable bonds is 10. The lowest BCUT2D eigenvalue weighted by atomic mass is 10.1. The van der Waals surface area contributed by atoms with Crippen LogP contribution in [0, 0.1) is 0 Å². The largest absolute Gasteiger partial charge is 0.388 e. The van der Waals surface area contributed by atoms with Gasteiger partial charge in [-0.2, -0.15) is 0 Å². The fourth-order valence-corrected chi connectivity index (χ4v) is 4.55. The van der Waals surface area contributed by atoms with Gasteiger partial charge in [0.1, 0.15) is 0 Å². The molecule has 0 saturated carbocycles. The van der Waals surface area contributed by atoms with E-state index in [0.29, 0.717) is 18.2 Å². The fraction of sp³-hybridized carbons (Fsp3) is 0.333. The molecule has 2 aromatic carbocycles. The first-order valence-electron chi connectivity index (χ1n) is 8.97. The minimum absolute atomic E-state index is 0.245. The Bertz CT molecular complexity index is 718. The maximum Gasteiger partial charge on any atom is 0.359 e. The zero-order valence-corrected chi connectivity index (χ0v) is 16.3. The van der Waals surface area contributed by atoms with Gasteiger partial charge in [-0.25, -0.2) is 0 Å². The van der Waals surface area contributed by atoms with Gasteiger partial charge in [-0.05, 0) is 43.9 Å². The van der Waals surface area contributed by atoms with Gasteiger partial charge in [0.05, 0.1) is 24.6 Å². The average Bonchev–Trinajstić information content (AvgIpc) is 2.66. The number of aliphatic hydroxyl groups excluding tert-OH is 1. The van der Waals surface area contributed by atoms with Crippen molar-refractivity contribution in [1.29, 1.82) is 0 Å². The van der Waals surface area contributed by atoms with E-state index in [-0.39, 0.29) is 13.2 Å². The lowest BCUT2D eigenvalue weighted by molar-refractivity contribution is 0.185. The van der Waals surface area contributed by atoms with Crippen LogP contribution in [0.1, 0.15) is 31.4 Å². The predicted molar refractivity (Wildman–Crippen MR) is 106 cm³/mol. The monoisotopic (exact) mass is 374 g/mol. The molecule has 0 aliphatic carbocycles. The van der Waals surface area contributed by atoms with Crippen LogP contribution in [0.5, 0.6) is 0 Å². The first-order chi connectivity index (χ1) is 12.6. The summed E-state index contributed by atoms with van der Waals surface area (Å²) in [5.41, 5.74) is 1.97. The Balaban J connectivity index is 2.29. The van der Waals surface area contributed by atoms with E-state index in [1.165, 1.54) is 0 Å². The quantitative estimate of drug-likeness (QED) is 0.574. The molecule has 0 aromatic heterocycles. The fourth-order valence-electron chi connectivity index (χ4n) is 2.70. The molecule has 0 aliphatic heterocycles. The average molecular weight is 374 g/mol. The molecule has 1 unspecified atom stereocenters. The summed E-state index contributed by atoms with van der Waals surface area (Å²) in [6.07, 6.45) is 1.92. The second kappa shape index (κ2) is 10.4. The second-order valence-corrected chi connectivity index (χ2v) is 7.88. The molecule has 2 aromatic rings. The molecule has 0 fully saturated rings. The Kier molecular flexibility index (Phi) is 8.27. The van der Waals surface area contributed by atoms with Gasteiger partial charge >= 0.3 is 7.60 Å². The Morgan fingerprint density at radius 2 is 1.54 bits per heavy atom. The third-order valence-corrected chi connectivity index (χ3v) is 6.17. The van der Waals surface area contributed by atoms with Gasteiger partial charge in [-0.3, -0.25) is 4.57 Å². The lowest BCUT2D eigenvalue weighted by Crippen LogP contribution is -2.15. The van der Waals surface area contributed by atoms with E-state index < -0.39 is 13.7 Å². The molecule has 0 radical (unpaired) electrons. The second-order valence-electron chi connectivity index (χ2n) is 5.85. The molecule has 140 valence electrons. The first kappa shape index (κ1) is 20.6. The highest BCUT2D eigenvalue weighted by Gasteiger charge is 2.34. The van der Waals surface area contributed by atoms with Crippen LogP contribution in [0.3, 0.4) is 0 Å². The molecule has 0 aliphatic rings. The molecule has 26 heavy (non-hydrogen) atoms. The summed E-state index contributed by atoms with van der Waals surface area (Å²) in [5, 5.41) is 11.1. The lowest BCUT2D eigenvalue weighted by Gasteiger charge is -2.24. The summed E-state index contributed by atoms with van der Waals surface area (Å²) in [6, 6.07) is 19.4. The third-order valence-electron chi connectivity index (χ3n) is 3.92. The normalized spacial score (nSPS) is 13.6. The van der Waals surface area contributed by atoms with Crippen LogP contribution in [-0.4, -0.2) is 24.4 Å². The van der Waals surface area contributed by atoms with E-state index in [4.69, 9.17) is 9.05 Å². The van der Waals surface area contributed by atoms with Crippen molar-refractivity contribution in [3.8, 4) is 0 Å². The third kappa shape index (κ3) is 5.93. The highest BCUT2D eigenvalue weighted by atomic mass is 31.2. The maximum absolute atomic E-state index is 13.3. The molecule has 0 spiro atoms. The molecular weight excluding hydrogens is 347 g/mol. The zero-order chi connectivity index (χ0) is 18.8. The molecular formula is C21H27O4P. The molecule has 2 rings (SSSR count). The van der Waals surface area contributed by atoms with Gasteiger partial charge in [-0.15, -0.1) is 0 Å². The minimum atomic E-state index is -3.56. The molecule has 0 amide bonds. The summed E-state index contributed by atoms with van der Waals surface area (Å²) in [6.45, 7) is 4.02. The maximum atomic E-state index is 13.3. The van der Waals surface area contributed by atoms with Crippen molar-refractivity contribution in [2.75, 3.05) is 13.2 Å². The van der Waals surface area contributed by atoms with Crippen molar-refractivity contribution in [2.24, 2.45) is 0 Å². The number of hydrogen-bond acceptors (Lipinski definition) is 4. The van der Waals surface area contributed by atoms with Crippen molar-refractivity contribution < 1.29 is 18.7 Å². The summed E-state index contributed by atoms with van der Waals surface area (Å²) in [4.78, 5) is 0. The van der Waals surface area contributed by atoms with E-state index in [1.807, 2.05) is 60.7 Å². The molecule has 4 nitrogen and oxygen atoms in total. The van der Waals surface area contributed by atoms with Crippen molar-refractivity contribution in [1.82, 2.24) is 0 Å². The molecule has 1 N–H and O–H groups in total. The molecule has 5 heteroatoms. The highest BCUT2D eigenvalue weighted by Crippen LogP contribution is 2.58. The SMILES string of the molecule is CCOP(=O)(OCC)/C(=C\c1ccccc1)C(O)CCc1ccccc1. The number of benzene rings is 2. The number of aryl methyl sites for hydroxylation is 1. The minimum Gasteiger partial charge on any atom is -0.388 e. The standard InChI is InChI=1S/C21H27O4P/c1-3-24-26(23,25-4-2)21(17-19-13-9-6-10-14-19)20(22)16-15-18-11-7-5-8-12-18/h5-14,17,20,22H,3-4,15-16H2,1-2H3/b21-17-. The Hall–Kier alpha value is -1.71. The summed E-state index contributed by atoms with van der Waals surface area (Å²) < 4.78 is 24.3. The summed E-state index contributed by atoms with van der Waals surface area (Å²) in [7, 11) is -3.56. The van der Waals surface area contributed by atoms with Crippen molar-refractivity contribution in [2.45, 2.75) is 32.8 Å².